The zero-order valence-electron chi connectivity index (χ0n) is 15.2. The lowest BCUT2D eigenvalue weighted by Crippen LogP contribution is -2.64. The molecule has 2 fully saturated rings. The van der Waals surface area contributed by atoms with Crippen molar-refractivity contribution in [2.24, 2.45) is 0 Å². The Morgan fingerprint density at radius 2 is 1.74 bits per heavy atom. The first kappa shape index (κ1) is 18.4. The highest BCUT2D eigenvalue weighted by atomic mass is 35.5. The largest absolute Gasteiger partial charge is 0.336 e. The summed E-state index contributed by atoms with van der Waals surface area (Å²) in [5.74, 6) is -0.0332. The molecule has 0 radical (unpaired) electrons. The minimum Gasteiger partial charge on any atom is -0.336 e. The number of amides is 1. The first-order valence-electron chi connectivity index (χ1n) is 9.32. The van der Waals surface area contributed by atoms with Gasteiger partial charge in [0.1, 0.15) is 11.9 Å². The lowest BCUT2D eigenvalue weighted by molar-refractivity contribution is -0.146. The lowest BCUT2D eigenvalue weighted by Gasteiger charge is -2.46. The van der Waals surface area contributed by atoms with Gasteiger partial charge in [0.15, 0.2) is 0 Å². The summed E-state index contributed by atoms with van der Waals surface area (Å²) in [5.41, 5.74) is 2.04. The highest BCUT2D eigenvalue weighted by Crippen LogP contribution is 2.21. The van der Waals surface area contributed by atoms with E-state index in [9.17, 15) is 9.18 Å². The van der Waals surface area contributed by atoms with E-state index in [1.165, 1.54) is 6.07 Å². The molecule has 4 nitrogen and oxygen atoms in total. The monoisotopic (exact) mass is 387 g/mol. The molecule has 0 N–H and O–H groups in total. The van der Waals surface area contributed by atoms with Crippen LogP contribution in [0.5, 0.6) is 0 Å². The van der Waals surface area contributed by atoms with Gasteiger partial charge in [0.05, 0.1) is 0 Å². The Morgan fingerprint density at radius 1 is 0.963 bits per heavy atom. The molecule has 0 spiro atoms. The summed E-state index contributed by atoms with van der Waals surface area (Å²) in [4.78, 5) is 19.5. The van der Waals surface area contributed by atoms with Crippen molar-refractivity contribution in [2.45, 2.75) is 19.1 Å². The average Bonchev–Trinajstić information content (AvgIpc) is 2.66. The summed E-state index contributed by atoms with van der Waals surface area (Å²) in [5, 5.41) is 0.704. The van der Waals surface area contributed by atoms with Crippen LogP contribution in [0, 0.1) is 5.82 Å². The second kappa shape index (κ2) is 7.97. The van der Waals surface area contributed by atoms with Crippen LogP contribution in [0.15, 0.2) is 48.5 Å². The van der Waals surface area contributed by atoms with Crippen LogP contribution in [-0.4, -0.2) is 59.4 Å². The fraction of sp³-hybridized carbons (Fsp3) is 0.381. The Morgan fingerprint density at radius 3 is 2.52 bits per heavy atom. The molecule has 1 unspecified atom stereocenters. The third-order valence-corrected chi connectivity index (χ3v) is 5.66. The fourth-order valence-corrected chi connectivity index (χ4v) is 4.08. The van der Waals surface area contributed by atoms with Crippen LogP contribution in [0.1, 0.15) is 11.1 Å². The number of benzene rings is 2. The molecule has 1 amide bonds. The van der Waals surface area contributed by atoms with Crippen LogP contribution in [0.2, 0.25) is 5.02 Å². The van der Waals surface area contributed by atoms with Crippen molar-refractivity contribution >= 4 is 17.5 Å². The molecule has 4 rings (SSSR count). The van der Waals surface area contributed by atoms with E-state index < -0.39 is 0 Å². The number of piperazine rings is 2. The molecular formula is C21H23ClFN3O. The van der Waals surface area contributed by atoms with Crippen LogP contribution >= 0.6 is 11.6 Å². The van der Waals surface area contributed by atoms with Gasteiger partial charge in [-0.15, -0.1) is 0 Å². The Labute approximate surface area is 164 Å². The molecule has 2 aromatic carbocycles. The average molecular weight is 388 g/mol. The number of nitrogens with zero attached hydrogens (tertiary/aromatic N) is 3. The summed E-state index contributed by atoms with van der Waals surface area (Å²) in [6.07, 6.45) is 0. The first-order valence-corrected chi connectivity index (χ1v) is 9.70. The number of fused-ring (bicyclic) bond motifs is 1. The third kappa shape index (κ3) is 4.32. The summed E-state index contributed by atoms with van der Waals surface area (Å²) in [6.45, 7) is 5.40. The van der Waals surface area contributed by atoms with Gasteiger partial charge in [0.2, 0.25) is 5.91 Å². The topological polar surface area (TPSA) is 26.8 Å². The molecule has 0 aromatic heterocycles. The van der Waals surface area contributed by atoms with E-state index in [-0.39, 0.29) is 17.8 Å². The first-order chi connectivity index (χ1) is 13.1. The van der Waals surface area contributed by atoms with Gasteiger partial charge in [0.25, 0.3) is 0 Å². The maximum absolute atomic E-state index is 13.4. The zero-order valence-corrected chi connectivity index (χ0v) is 15.9. The van der Waals surface area contributed by atoms with Crippen molar-refractivity contribution in [1.29, 1.82) is 0 Å². The number of rotatable bonds is 4. The standard InChI is InChI=1S/C21H23ClFN3O/c22-18-6-4-16(5-7-18)14-26-11-10-25-9-8-24(15-20(25)21(26)27)13-17-2-1-3-19(23)12-17/h1-7,12,20H,8-11,13-15H2. The zero-order chi connectivity index (χ0) is 18.8. The van der Waals surface area contributed by atoms with Gasteiger partial charge in [-0.25, -0.2) is 4.39 Å². The van der Waals surface area contributed by atoms with Crippen molar-refractivity contribution in [3.63, 3.8) is 0 Å². The number of halogens is 2. The van der Waals surface area contributed by atoms with Crippen LogP contribution in [-0.2, 0) is 17.9 Å². The fourth-order valence-electron chi connectivity index (χ4n) is 3.95. The molecule has 2 aliphatic heterocycles. The number of hydrogen-bond donors (Lipinski definition) is 0. The number of carbonyl (C=O) groups is 1. The van der Waals surface area contributed by atoms with E-state index in [1.807, 2.05) is 35.2 Å². The lowest BCUT2D eigenvalue weighted by atomic mass is 10.1. The Bertz CT molecular complexity index is 813. The van der Waals surface area contributed by atoms with E-state index >= 15 is 0 Å². The second-order valence-corrected chi connectivity index (χ2v) is 7.74. The molecule has 0 aliphatic carbocycles. The predicted octanol–water partition coefficient (Wildman–Crippen LogP) is 3.01. The summed E-state index contributed by atoms with van der Waals surface area (Å²) >= 11 is 5.95. The second-order valence-electron chi connectivity index (χ2n) is 7.30. The van der Waals surface area contributed by atoms with Gasteiger partial charge in [-0.05, 0) is 35.4 Å². The molecule has 27 heavy (non-hydrogen) atoms. The Balaban J connectivity index is 1.41. The van der Waals surface area contributed by atoms with Crippen LogP contribution in [0.25, 0.3) is 0 Å². The molecule has 2 saturated heterocycles. The van der Waals surface area contributed by atoms with Crippen molar-refractivity contribution < 1.29 is 9.18 Å². The van der Waals surface area contributed by atoms with Crippen molar-refractivity contribution in [3.8, 4) is 0 Å². The quantitative estimate of drug-likeness (QED) is 0.806. The van der Waals surface area contributed by atoms with Gasteiger partial charge >= 0.3 is 0 Å². The molecule has 2 aliphatic rings. The number of hydrogen-bond acceptors (Lipinski definition) is 3. The molecule has 2 heterocycles. The van der Waals surface area contributed by atoms with Crippen molar-refractivity contribution in [2.75, 3.05) is 32.7 Å². The van der Waals surface area contributed by atoms with Crippen molar-refractivity contribution in [3.05, 3.63) is 70.5 Å². The Hall–Kier alpha value is -1.95. The Kier molecular flexibility index (Phi) is 5.43. The predicted molar refractivity (Wildman–Crippen MR) is 104 cm³/mol. The highest BCUT2D eigenvalue weighted by Gasteiger charge is 2.38. The van der Waals surface area contributed by atoms with Crippen LogP contribution < -0.4 is 0 Å². The van der Waals surface area contributed by atoms with Crippen LogP contribution in [0.3, 0.4) is 0 Å². The SMILES string of the molecule is O=C1C2CN(Cc3cccc(F)c3)CCN2CCN1Cc1ccc(Cl)cc1. The molecule has 2 aromatic rings. The molecule has 1 atom stereocenters. The molecule has 0 bridgehead atoms. The normalized spacial score (nSPS) is 21.3. The van der Waals surface area contributed by atoms with E-state index in [0.29, 0.717) is 24.7 Å². The summed E-state index contributed by atoms with van der Waals surface area (Å²) in [6, 6.07) is 14.2. The molecular weight excluding hydrogens is 365 g/mol. The third-order valence-electron chi connectivity index (χ3n) is 5.41. The van der Waals surface area contributed by atoms with Gasteiger partial charge in [-0.2, -0.15) is 0 Å². The summed E-state index contributed by atoms with van der Waals surface area (Å²) in [7, 11) is 0. The van der Waals surface area contributed by atoms with Gasteiger partial charge in [-0.3, -0.25) is 14.6 Å². The van der Waals surface area contributed by atoms with E-state index in [0.717, 1.165) is 37.3 Å². The van der Waals surface area contributed by atoms with E-state index in [1.54, 1.807) is 12.1 Å². The maximum Gasteiger partial charge on any atom is 0.241 e. The minimum absolute atomic E-state index is 0.117. The van der Waals surface area contributed by atoms with Crippen molar-refractivity contribution in [1.82, 2.24) is 14.7 Å². The van der Waals surface area contributed by atoms with E-state index in [2.05, 4.69) is 9.80 Å². The van der Waals surface area contributed by atoms with Gasteiger partial charge in [-0.1, -0.05) is 35.9 Å². The molecule has 142 valence electrons. The van der Waals surface area contributed by atoms with E-state index in [4.69, 9.17) is 11.6 Å². The number of carbonyl (C=O) groups excluding carboxylic acids is 1. The minimum atomic E-state index is -0.214. The van der Waals surface area contributed by atoms with Gasteiger partial charge in [0, 0.05) is 50.8 Å². The molecule has 6 heteroatoms. The maximum atomic E-state index is 13.4. The highest BCUT2D eigenvalue weighted by molar-refractivity contribution is 6.30. The van der Waals surface area contributed by atoms with Gasteiger partial charge < -0.3 is 4.90 Å². The van der Waals surface area contributed by atoms with Crippen LogP contribution in [0.4, 0.5) is 4.39 Å². The smallest absolute Gasteiger partial charge is 0.241 e. The summed E-state index contributed by atoms with van der Waals surface area (Å²) < 4.78 is 13.4. The molecule has 0 saturated carbocycles.